The van der Waals surface area contributed by atoms with Crippen LogP contribution in [0.5, 0.6) is 0 Å². The van der Waals surface area contributed by atoms with Crippen LogP contribution in [0.2, 0.25) is 5.02 Å². The Morgan fingerprint density at radius 1 is 1.25 bits per heavy atom. The number of carbonyl (C=O) groups excluding carboxylic acids is 1. The van der Waals surface area contributed by atoms with Crippen molar-refractivity contribution in [1.29, 1.82) is 0 Å². The fourth-order valence-electron chi connectivity index (χ4n) is 2.53. The van der Waals surface area contributed by atoms with Crippen LogP contribution in [0.4, 0.5) is 4.39 Å². The van der Waals surface area contributed by atoms with Crippen molar-refractivity contribution >= 4 is 23.2 Å². The molecule has 6 heteroatoms. The Balaban J connectivity index is 1.54. The lowest BCUT2D eigenvalue weighted by atomic mass is 10.0. The van der Waals surface area contributed by atoms with Crippen molar-refractivity contribution in [2.45, 2.75) is 18.9 Å². The molecule has 4 nitrogen and oxygen atoms in total. The van der Waals surface area contributed by atoms with E-state index in [2.05, 4.69) is 10.5 Å². The van der Waals surface area contributed by atoms with Crippen LogP contribution >= 0.6 is 11.6 Å². The number of oxime groups is 1. The van der Waals surface area contributed by atoms with E-state index in [0.717, 1.165) is 12.0 Å². The highest BCUT2D eigenvalue weighted by Crippen LogP contribution is 2.25. The van der Waals surface area contributed by atoms with E-state index < -0.39 is 11.9 Å². The Morgan fingerprint density at radius 2 is 2.04 bits per heavy atom. The Kier molecular flexibility index (Phi) is 5.11. The average Bonchev–Trinajstić information content (AvgIpc) is 3.05. The number of carbonyl (C=O) groups is 1. The number of benzene rings is 2. The lowest BCUT2D eigenvalue weighted by Crippen LogP contribution is -2.36. The van der Waals surface area contributed by atoms with Gasteiger partial charge in [-0.15, -0.1) is 0 Å². The number of amides is 1. The van der Waals surface area contributed by atoms with Crippen molar-refractivity contribution in [2.75, 3.05) is 6.54 Å². The van der Waals surface area contributed by atoms with E-state index >= 15 is 0 Å². The van der Waals surface area contributed by atoms with E-state index in [9.17, 15) is 9.18 Å². The Morgan fingerprint density at radius 3 is 2.79 bits per heavy atom. The zero-order chi connectivity index (χ0) is 16.9. The molecular formula is C18H16ClFN2O2. The third kappa shape index (κ3) is 3.74. The number of halogens is 2. The first-order chi connectivity index (χ1) is 11.6. The summed E-state index contributed by atoms with van der Waals surface area (Å²) in [6, 6.07) is 14.3. The van der Waals surface area contributed by atoms with E-state index in [1.54, 1.807) is 6.07 Å². The van der Waals surface area contributed by atoms with Gasteiger partial charge in [0, 0.05) is 13.0 Å². The fraction of sp³-hybridized carbons (Fsp3) is 0.222. The van der Waals surface area contributed by atoms with Crippen LogP contribution in [-0.4, -0.2) is 24.3 Å². The zero-order valence-corrected chi connectivity index (χ0v) is 13.6. The molecule has 1 amide bonds. The van der Waals surface area contributed by atoms with E-state index in [0.29, 0.717) is 12.3 Å². The predicted octanol–water partition coefficient (Wildman–Crippen LogP) is 3.33. The average molecular weight is 347 g/mol. The van der Waals surface area contributed by atoms with Crippen LogP contribution in [0.3, 0.4) is 0 Å². The van der Waals surface area contributed by atoms with Crippen molar-refractivity contribution in [1.82, 2.24) is 5.32 Å². The first-order valence-corrected chi connectivity index (χ1v) is 8.01. The largest absolute Gasteiger partial charge is 0.382 e. The molecule has 0 saturated carbocycles. The van der Waals surface area contributed by atoms with Crippen LogP contribution in [-0.2, 0) is 16.1 Å². The summed E-state index contributed by atoms with van der Waals surface area (Å²) in [4.78, 5) is 17.3. The molecule has 1 atom stereocenters. The Hall–Kier alpha value is -2.40. The van der Waals surface area contributed by atoms with E-state index in [1.165, 1.54) is 12.1 Å². The second-order valence-electron chi connectivity index (χ2n) is 5.46. The minimum absolute atomic E-state index is 0.192. The normalized spacial score (nSPS) is 16.4. The van der Waals surface area contributed by atoms with Crippen molar-refractivity contribution < 1.29 is 14.0 Å². The number of hydrogen-bond donors (Lipinski definition) is 1. The van der Waals surface area contributed by atoms with Crippen LogP contribution in [0, 0.1) is 5.82 Å². The van der Waals surface area contributed by atoms with Gasteiger partial charge in [-0.05, 0) is 24.1 Å². The molecule has 0 radical (unpaired) electrons. The van der Waals surface area contributed by atoms with Gasteiger partial charge in [0.25, 0.3) is 5.91 Å². The topological polar surface area (TPSA) is 50.7 Å². The molecule has 1 N–H and O–H groups in total. The SMILES string of the molecule is O=C(NCCc1ccccc1)C1CC(c2c(F)cccc2Cl)=NO1. The summed E-state index contributed by atoms with van der Waals surface area (Å²) in [6.07, 6.45) is 0.163. The molecule has 2 aromatic rings. The summed E-state index contributed by atoms with van der Waals surface area (Å²) in [5.41, 5.74) is 1.68. The molecule has 0 fully saturated rings. The molecule has 3 rings (SSSR count). The molecule has 124 valence electrons. The third-order valence-corrected chi connectivity index (χ3v) is 4.08. The maximum Gasteiger partial charge on any atom is 0.264 e. The van der Waals surface area contributed by atoms with Gasteiger partial charge in [-0.2, -0.15) is 0 Å². The first kappa shape index (κ1) is 16.5. The summed E-state index contributed by atoms with van der Waals surface area (Å²) < 4.78 is 13.9. The van der Waals surface area contributed by atoms with Gasteiger partial charge >= 0.3 is 0 Å². The van der Waals surface area contributed by atoms with Crippen LogP contribution in [0.1, 0.15) is 17.5 Å². The molecule has 24 heavy (non-hydrogen) atoms. The van der Waals surface area contributed by atoms with Gasteiger partial charge in [0.2, 0.25) is 6.10 Å². The first-order valence-electron chi connectivity index (χ1n) is 7.64. The molecule has 0 spiro atoms. The maximum atomic E-state index is 13.9. The molecule has 0 aromatic heterocycles. The van der Waals surface area contributed by atoms with Crippen LogP contribution < -0.4 is 5.32 Å². The minimum Gasteiger partial charge on any atom is -0.382 e. The molecule has 0 bridgehead atoms. The number of hydrogen-bond acceptors (Lipinski definition) is 3. The standard InChI is InChI=1S/C18H16ClFN2O2/c19-13-7-4-8-14(20)17(13)15-11-16(24-22-15)18(23)21-10-9-12-5-2-1-3-6-12/h1-8,16H,9-11H2,(H,21,23). The Bertz CT molecular complexity index is 745. The zero-order valence-electron chi connectivity index (χ0n) is 12.8. The second-order valence-corrected chi connectivity index (χ2v) is 5.87. The van der Waals surface area contributed by atoms with Crippen molar-refractivity contribution in [3.8, 4) is 0 Å². The highest BCUT2D eigenvalue weighted by molar-refractivity contribution is 6.34. The summed E-state index contributed by atoms with van der Waals surface area (Å²) in [6.45, 7) is 0.499. The summed E-state index contributed by atoms with van der Waals surface area (Å²) in [7, 11) is 0. The third-order valence-electron chi connectivity index (χ3n) is 3.77. The molecule has 1 aliphatic heterocycles. The highest BCUT2D eigenvalue weighted by atomic mass is 35.5. The number of nitrogens with one attached hydrogen (secondary N) is 1. The Labute approximate surface area is 144 Å². The molecule has 0 aliphatic carbocycles. The molecule has 1 heterocycles. The van der Waals surface area contributed by atoms with Crippen LogP contribution in [0.15, 0.2) is 53.7 Å². The number of nitrogens with zero attached hydrogens (tertiary/aromatic N) is 1. The minimum atomic E-state index is -0.758. The van der Waals surface area contributed by atoms with Gasteiger partial charge in [-0.1, -0.05) is 53.2 Å². The molecule has 2 aromatic carbocycles. The van der Waals surface area contributed by atoms with Crippen molar-refractivity contribution in [3.63, 3.8) is 0 Å². The summed E-state index contributed by atoms with van der Waals surface area (Å²) in [5, 5.41) is 6.89. The fourth-order valence-corrected chi connectivity index (χ4v) is 2.80. The van der Waals surface area contributed by atoms with Gasteiger partial charge < -0.3 is 10.2 Å². The van der Waals surface area contributed by atoms with Gasteiger partial charge in [-0.25, -0.2) is 4.39 Å². The summed E-state index contributed by atoms with van der Waals surface area (Å²) in [5.74, 6) is -0.743. The molecule has 1 aliphatic rings. The van der Waals surface area contributed by atoms with Gasteiger partial charge in [0.15, 0.2) is 0 Å². The van der Waals surface area contributed by atoms with Gasteiger partial charge in [0.1, 0.15) is 5.82 Å². The monoisotopic (exact) mass is 346 g/mol. The van der Waals surface area contributed by atoms with E-state index in [1.807, 2.05) is 30.3 Å². The maximum absolute atomic E-state index is 13.9. The molecular weight excluding hydrogens is 331 g/mol. The van der Waals surface area contributed by atoms with E-state index in [4.69, 9.17) is 16.4 Å². The predicted molar refractivity (Wildman–Crippen MR) is 90.6 cm³/mol. The van der Waals surface area contributed by atoms with Crippen LogP contribution in [0.25, 0.3) is 0 Å². The van der Waals surface area contributed by atoms with Crippen molar-refractivity contribution in [3.05, 3.63) is 70.5 Å². The molecule has 0 saturated heterocycles. The lowest BCUT2D eigenvalue weighted by Gasteiger charge is -2.09. The van der Waals surface area contributed by atoms with E-state index in [-0.39, 0.29) is 22.9 Å². The van der Waals surface area contributed by atoms with Crippen molar-refractivity contribution in [2.24, 2.45) is 5.16 Å². The second kappa shape index (κ2) is 7.45. The van der Waals surface area contributed by atoms with Gasteiger partial charge in [0.05, 0.1) is 16.3 Å². The smallest absolute Gasteiger partial charge is 0.264 e. The lowest BCUT2D eigenvalue weighted by molar-refractivity contribution is -0.131. The quantitative estimate of drug-likeness (QED) is 0.902. The summed E-state index contributed by atoms with van der Waals surface area (Å²) >= 11 is 6.01. The molecule has 1 unspecified atom stereocenters. The van der Waals surface area contributed by atoms with Gasteiger partial charge in [-0.3, -0.25) is 4.79 Å². The highest BCUT2D eigenvalue weighted by Gasteiger charge is 2.30. The number of rotatable bonds is 5.